The van der Waals surface area contributed by atoms with Gasteiger partial charge in [0.05, 0.1) is 6.61 Å². The lowest BCUT2D eigenvalue weighted by Gasteiger charge is -2.11. The first-order valence-electron chi connectivity index (χ1n) is 7.00. The minimum Gasteiger partial charge on any atom is -0.494 e. The Balaban J connectivity index is 1.67. The molecule has 1 saturated heterocycles. The maximum Gasteiger partial charge on any atom is 0.119 e. The highest BCUT2D eigenvalue weighted by atomic mass is 16.5. The van der Waals surface area contributed by atoms with Gasteiger partial charge in [0.25, 0.3) is 0 Å². The third-order valence-corrected chi connectivity index (χ3v) is 3.61. The van der Waals surface area contributed by atoms with Crippen molar-refractivity contribution in [1.29, 1.82) is 0 Å². The van der Waals surface area contributed by atoms with Gasteiger partial charge in [-0.3, -0.25) is 4.98 Å². The van der Waals surface area contributed by atoms with Crippen LogP contribution >= 0.6 is 0 Å². The minimum atomic E-state index is 0.323. The van der Waals surface area contributed by atoms with Crippen LogP contribution in [-0.2, 0) is 0 Å². The maximum atomic E-state index is 5.47. The van der Waals surface area contributed by atoms with E-state index in [0.717, 1.165) is 12.2 Å². The fourth-order valence-corrected chi connectivity index (χ4v) is 2.55. The van der Waals surface area contributed by atoms with Crippen LogP contribution in [0.3, 0.4) is 0 Å². The molecule has 4 heteroatoms. The average molecular weight is 269 g/mol. The van der Waals surface area contributed by atoms with Crippen LogP contribution in [0.25, 0.3) is 0 Å². The molecule has 0 bridgehead atoms. The summed E-state index contributed by atoms with van der Waals surface area (Å²) in [5, 5.41) is 0. The molecule has 2 heterocycles. The predicted molar refractivity (Wildman–Crippen MR) is 78.2 cm³/mol. The van der Waals surface area contributed by atoms with Gasteiger partial charge in [-0.15, -0.1) is 0 Å². The van der Waals surface area contributed by atoms with Gasteiger partial charge in [-0.05, 0) is 48.7 Å². The van der Waals surface area contributed by atoms with Crippen molar-refractivity contribution < 1.29 is 4.74 Å². The van der Waals surface area contributed by atoms with Crippen molar-refractivity contribution in [2.24, 2.45) is 0 Å². The molecule has 1 aliphatic heterocycles. The van der Waals surface area contributed by atoms with Crippen LogP contribution in [-0.4, -0.2) is 11.6 Å². The van der Waals surface area contributed by atoms with Gasteiger partial charge in [-0.2, -0.15) is 0 Å². The number of benzene rings is 1. The van der Waals surface area contributed by atoms with Gasteiger partial charge in [0.1, 0.15) is 5.75 Å². The van der Waals surface area contributed by atoms with Crippen LogP contribution < -0.4 is 15.6 Å². The van der Waals surface area contributed by atoms with Gasteiger partial charge in [0.15, 0.2) is 0 Å². The summed E-state index contributed by atoms with van der Waals surface area (Å²) in [6, 6.07) is 13.1. The minimum absolute atomic E-state index is 0.323. The van der Waals surface area contributed by atoms with E-state index in [0.29, 0.717) is 18.7 Å². The smallest absolute Gasteiger partial charge is 0.119 e. The van der Waals surface area contributed by atoms with Crippen molar-refractivity contribution in [3.63, 3.8) is 0 Å². The topological polar surface area (TPSA) is 46.2 Å². The molecule has 2 aromatic rings. The Labute approximate surface area is 119 Å². The second-order valence-corrected chi connectivity index (χ2v) is 4.91. The number of ether oxygens (including phenoxy) is 1. The van der Waals surface area contributed by atoms with E-state index in [2.05, 4.69) is 40.1 Å². The third-order valence-electron chi connectivity index (χ3n) is 3.61. The largest absolute Gasteiger partial charge is 0.494 e. The number of aromatic nitrogens is 1. The summed E-state index contributed by atoms with van der Waals surface area (Å²) in [7, 11) is 0. The van der Waals surface area contributed by atoms with E-state index in [1.54, 1.807) is 0 Å². The van der Waals surface area contributed by atoms with E-state index in [1.165, 1.54) is 11.1 Å². The molecule has 104 valence electrons. The van der Waals surface area contributed by atoms with Crippen LogP contribution in [0.4, 0.5) is 0 Å². The summed E-state index contributed by atoms with van der Waals surface area (Å²) in [4.78, 5) is 4.06. The lowest BCUT2D eigenvalue weighted by atomic mass is 9.98. The SMILES string of the molecule is CCOc1ccc(C2CC(c3ccncc3)NN2)cc1. The van der Waals surface area contributed by atoms with Crippen LogP contribution in [0.1, 0.15) is 36.6 Å². The molecule has 1 aromatic carbocycles. The number of nitrogens with zero attached hydrogens (tertiary/aromatic N) is 1. The lowest BCUT2D eigenvalue weighted by Crippen LogP contribution is -2.26. The summed E-state index contributed by atoms with van der Waals surface area (Å²) in [5.74, 6) is 0.924. The van der Waals surface area contributed by atoms with E-state index < -0.39 is 0 Å². The summed E-state index contributed by atoms with van der Waals surface area (Å²) in [6.45, 7) is 2.70. The van der Waals surface area contributed by atoms with E-state index in [-0.39, 0.29) is 0 Å². The van der Waals surface area contributed by atoms with Crippen molar-refractivity contribution in [1.82, 2.24) is 15.8 Å². The van der Waals surface area contributed by atoms with Crippen molar-refractivity contribution >= 4 is 0 Å². The second-order valence-electron chi connectivity index (χ2n) is 4.91. The first kappa shape index (κ1) is 13.1. The molecule has 4 nitrogen and oxygen atoms in total. The Morgan fingerprint density at radius 1 is 1.00 bits per heavy atom. The van der Waals surface area contributed by atoms with Crippen LogP contribution in [0.5, 0.6) is 5.75 Å². The number of hydrogen-bond acceptors (Lipinski definition) is 4. The van der Waals surface area contributed by atoms with Crippen LogP contribution in [0.2, 0.25) is 0 Å². The van der Waals surface area contributed by atoms with Gasteiger partial charge in [0.2, 0.25) is 0 Å². The Bertz CT molecular complexity index is 541. The lowest BCUT2D eigenvalue weighted by molar-refractivity contribution is 0.340. The van der Waals surface area contributed by atoms with Crippen LogP contribution in [0, 0.1) is 0 Å². The molecule has 20 heavy (non-hydrogen) atoms. The Hall–Kier alpha value is -1.91. The monoisotopic (exact) mass is 269 g/mol. The molecule has 2 atom stereocenters. The third kappa shape index (κ3) is 2.81. The van der Waals surface area contributed by atoms with Crippen molar-refractivity contribution in [3.8, 4) is 5.75 Å². The van der Waals surface area contributed by atoms with Gasteiger partial charge in [-0.25, -0.2) is 10.9 Å². The number of nitrogens with one attached hydrogen (secondary N) is 2. The van der Waals surface area contributed by atoms with E-state index in [1.807, 2.05) is 31.5 Å². The first-order valence-corrected chi connectivity index (χ1v) is 7.00. The second kappa shape index (κ2) is 6.03. The van der Waals surface area contributed by atoms with Gasteiger partial charge in [0, 0.05) is 24.5 Å². The van der Waals surface area contributed by atoms with E-state index in [9.17, 15) is 0 Å². The Morgan fingerprint density at radius 2 is 1.60 bits per heavy atom. The molecule has 2 N–H and O–H groups in total. The van der Waals surface area contributed by atoms with E-state index >= 15 is 0 Å². The molecule has 0 aliphatic carbocycles. The highest BCUT2D eigenvalue weighted by Crippen LogP contribution is 2.31. The molecule has 0 saturated carbocycles. The summed E-state index contributed by atoms with van der Waals surface area (Å²) >= 11 is 0. The molecule has 2 unspecified atom stereocenters. The number of hydrazine groups is 1. The summed E-state index contributed by atoms with van der Waals surface area (Å²) in [6.07, 6.45) is 4.69. The Morgan fingerprint density at radius 3 is 2.20 bits per heavy atom. The number of pyridine rings is 1. The molecule has 1 aliphatic rings. The highest BCUT2D eigenvalue weighted by Gasteiger charge is 2.25. The number of rotatable bonds is 4. The normalized spacial score (nSPS) is 21.9. The van der Waals surface area contributed by atoms with Crippen molar-refractivity contribution in [3.05, 3.63) is 59.9 Å². The van der Waals surface area contributed by atoms with Crippen LogP contribution in [0.15, 0.2) is 48.8 Å². The van der Waals surface area contributed by atoms with Crippen molar-refractivity contribution in [2.45, 2.75) is 25.4 Å². The highest BCUT2D eigenvalue weighted by molar-refractivity contribution is 5.30. The zero-order valence-corrected chi connectivity index (χ0v) is 11.5. The zero-order chi connectivity index (χ0) is 13.8. The summed E-state index contributed by atoms with van der Waals surface area (Å²) in [5.41, 5.74) is 9.25. The number of hydrogen-bond donors (Lipinski definition) is 2. The predicted octanol–water partition coefficient (Wildman–Crippen LogP) is 2.76. The first-order chi connectivity index (χ1) is 9.86. The molecule has 0 spiro atoms. The van der Waals surface area contributed by atoms with Crippen molar-refractivity contribution in [2.75, 3.05) is 6.61 Å². The maximum absolute atomic E-state index is 5.47. The molecule has 0 radical (unpaired) electrons. The zero-order valence-electron chi connectivity index (χ0n) is 11.5. The molecular formula is C16H19N3O. The quantitative estimate of drug-likeness (QED) is 0.896. The molecule has 1 fully saturated rings. The Kier molecular flexibility index (Phi) is 3.95. The average Bonchev–Trinajstić information content (AvgIpc) is 2.99. The fraction of sp³-hybridized carbons (Fsp3) is 0.312. The molecule has 1 aromatic heterocycles. The van der Waals surface area contributed by atoms with E-state index in [4.69, 9.17) is 4.74 Å². The summed E-state index contributed by atoms with van der Waals surface area (Å²) < 4.78 is 5.47. The van der Waals surface area contributed by atoms with Gasteiger partial charge < -0.3 is 4.74 Å². The van der Waals surface area contributed by atoms with Gasteiger partial charge >= 0.3 is 0 Å². The standard InChI is InChI=1S/C16H19N3O/c1-2-20-14-5-3-12(4-6-14)15-11-16(19-18-15)13-7-9-17-10-8-13/h3-10,15-16,18-19H,2,11H2,1H3. The molecular weight excluding hydrogens is 250 g/mol. The van der Waals surface area contributed by atoms with Gasteiger partial charge in [-0.1, -0.05) is 12.1 Å². The fourth-order valence-electron chi connectivity index (χ4n) is 2.55. The molecule has 0 amide bonds. The molecule has 3 rings (SSSR count).